The van der Waals surface area contributed by atoms with Gasteiger partial charge in [-0.15, -0.1) is 0 Å². The molecule has 6 rings (SSSR count). The molecule has 2 aliphatic heterocycles. The largest absolute Gasteiger partial charge is 0.425 e. The highest BCUT2D eigenvalue weighted by molar-refractivity contribution is 6.03. The van der Waals surface area contributed by atoms with Gasteiger partial charge in [0.1, 0.15) is 6.10 Å². The molecule has 2 bridgehead atoms. The lowest BCUT2D eigenvalue weighted by atomic mass is 9.50. The van der Waals surface area contributed by atoms with Crippen molar-refractivity contribution in [3.05, 3.63) is 77.4 Å². The molecule has 1 aromatic rings. The third kappa shape index (κ3) is 4.29. The number of quaternary nitrogens is 1. The van der Waals surface area contributed by atoms with Gasteiger partial charge in [-0.1, -0.05) is 49.4 Å². The summed E-state index contributed by atoms with van der Waals surface area (Å²) in [7, 11) is 2.27. The average Bonchev–Trinajstić information content (AvgIpc) is 3.27. The van der Waals surface area contributed by atoms with E-state index >= 15 is 0 Å². The molecule has 2 heterocycles. The summed E-state index contributed by atoms with van der Waals surface area (Å²) < 4.78 is 55.9. The van der Waals surface area contributed by atoms with Crippen molar-refractivity contribution in [1.29, 1.82) is 0 Å². The zero-order chi connectivity index (χ0) is 30.1. The minimum Gasteiger partial charge on any atom is -0.425 e. The Morgan fingerprint density at radius 3 is 2.67 bits per heavy atom. The number of likely N-dealkylation sites (tertiary alicyclic amines) is 1. The van der Waals surface area contributed by atoms with Crippen LogP contribution in [0.5, 0.6) is 0 Å². The van der Waals surface area contributed by atoms with Crippen LogP contribution in [-0.4, -0.2) is 71.8 Å². The van der Waals surface area contributed by atoms with E-state index in [4.69, 9.17) is 9.47 Å². The molecule has 0 aromatic heterocycles. The fourth-order valence-electron chi connectivity index (χ4n) is 8.56. The van der Waals surface area contributed by atoms with Gasteiger partial charge >= 0.3 is 12.1 Å². The minimum absolute atomic E-state index is 0.0996. The molecular formula is C32H36F3N2O5+. The summed E-state index contributed by atoms with van der Waals surface area (Å²) in [6.07, 6.45) is 2.98. The molecule has 10 heteroatoms. The van der Waals surface area contributed by atoms with Crippen molar-refractivity contribution in [2.24, 2.45) is 11.3 Å². The van der Waals surface area contributed by atoms with E-state index in [1.54, 1.807) is 12.1 Å². The number of alkyl halides is 3. The number of nitrogens with zero attached hydrogens (tertiary/aromatic N) is 1. The van der Waals surface area contributed by atoms with Crippen LogP contribution in [0.25, 0.3) is 5.76 Å². The smallest absolute Gasteiger partial charge is 0.425 e. The van der Waals surface area contributed by atoms with Crippen LogP contribution in [0.4, 0.5) is 13.2 Å². The van der Waals surface area contributed by atoms with Crippen LogP contribution in [0.3, 0.4) is 0 Å². The average molecular weight is 586 g/mol. The number of carbonyl (C=O) groups excluding carboxylic acids is 2. The van der Waals surface area contributed by atoms with Gasteiger partial charge in [-0.25, -0.2) is 0 Å². The molecule has 1 saturated carbocycles. The first kappa shape index (κ1) is 28.9. The Morgan fingerprint density at radius 2 is 2.00 bits per heavy atom. The third-order valence-corrected chi connectivity index (χ3v) is 10.2. The highest BCUT2D eigenvalue weighted by atomic mass is 19.4. The molecular weight excluding hydrogens is 549 g/mol. The van der Waals surface area contributed by atoms with Crippen molar-refractivity contribution >= 4 is 17.6 Å². The number of hydrogen-bond acceptors (Lipinski definition) is 5. The summed E-state index contributed by atoms with van der Waals surface area (Å²) in [4.78, 5) is 25.4. The maximum Gasteiger partial charge on any atom is 0.425 e. The van der Waals surface area contributed by atoms with Gasteiger partial charge in [0.25, 0.3) is 5.91 Å². The molecule has 42 heavy (non-hydrogen) atoms. The number of amides is 1. The second kappa shape index (κ2) is 9.92. The molecule has 3 aliphatic carbocycles. The van der Waals surface area contributed by atoms with Gasteiger partial charge in [-0.2, -0.15) is 13.2 Å². The summed E-state index contributed by atoms with van der Waals surface area (Å²) in [5.41, 5.74) is -2.42. The van der Waals surface area contributed by atoms with Gasteiger partial charge in [0.05, 0.1) is 32.3 Å². The predicted octanol–water partition coefficient (Wildman–Crippen LogP) is 4.56. The van der Waals surface area contributed by atoms with Crippen molar-refractivity contribution in [3.63, 3.8) is 0 Å². The molecule has 3 unspecified atom stereocenters. The zero-order valence-electron chi connectivity index (χ0n) is 23.7. The van der Waals surface area contributed by atoms with Crippen LogP contribution < -0.4 is 5.32 Å². The Labute approximate surface area is 242 Å². The fraction of sp³-hybridized carbons (Fsp3) is 0.500. The maximum atomic E-state index is 14.5. The number of nitrogens with one attached hydrogen (secondary N) is 1. The normalized spacial score (nSPS) is 37.0. The first-order valence-corrected chi connectivity index (χ1v) is 14.5. The highest BCUT2D eigenvalue weighted by Crippen LogP contribution is 2.66. The van der Waals surface area contributed by atoms with Gasteiger partial charge in [0.15, 0.2) is 17.1 Å². The number of benzene rings is 1. The van der Waals surface area contributed by atoms with Crippen molar-refractivity contribution in [1.82, 2.24) is 5.32 Å². The maximum absolute atomic E-state index is 14.5. The number of esters is 1. The van der Waals surface area contributed by atoms with Crippen LogP contribution in [0.15, 0.2) is 71.9 Å². The van der Waals surface area contributed by atoms with Crippen LogP contribution >= 0.6 is 0 Å². The van der Waals surface area contributed by atoms with E-state index < -0.39 is 41.2 Å². The lowest BCUT2D eigenvalue weighted by molar-refractivity contribution is -0.940. The van der Waals surface area contributed by atoms with Crippen LogP contribution in [0, 0.1) is 11.3 Å². The molecule has 5 aliphatic rings. The van der Waals surface area contributed by atoms with E-state index in [2.05, 4.69) is 18.9 Å². The standard InChI is InChI=1S/C32H35F3N2O5/c1-4-16-37(3)17-15-30-22-11-8-12-24(30)42-28-25(30)21(18-23(22)37)13-14-31(28,40)36-29(39)26(32(33,34)35)27(41-19(2)38)20-9-6-5-7-10-20/h4-7,9-10,13-14,22-24,28,40H,1,8,11-12,15-18H2,2-3H3/p+1/t22-,23+,24-,28?,30+,31?,37?/m0/s1. The molecule has 1 aromatic carbocycles. The van der Waals surface area contributed by atoms with Crippen LogP contribution in [-0.2, 0) is 19.1 Å². The first-order chi connectivity index (χ1) is 19.8. The fourth-order valence-corrected chi connectivity index (χ4v) is 8.56. The Balaban J connectivity index is 1.40. The van der Waals surface area contributed by atoms with Gasteiger partial charge < -0.3 is 24.4 Å². The molecule has 1 amide bonds. The van der Waals surface area contributed by atoms with Crippen molar-refractivity contribution in [2.75, 3.05) is 20.1 Å². The lowest BCUT2D eigenvalue weighted by Gasteiger charge is -2.61. The first-order valence-electron chi connectivity index (χ1n) is 14.5. The van der Waals surface area contributed by atoms with E-state index in [0.29, 0.717) is 12.0 Å². The molecule has 3 fully saturated rings. The Morgan fingerprint density at radius 1 is 1.26 bits per heavy atom. The number of piperidine rings is 1. The number of halogens is 3. The molecule has 224 valence electrons. The number of likely N-dealkylation sites (N-methyl/N-ethyl adjacent to an activating group) is 1. The summed E-state index contributed by atoms with van der Waals surface area (Å²) in [5, 5.41) is 14.2. The van der Waals surface area contributed by atoms with Gasteiger partial charge in [0.2, 0.25) is 0 Å². The summed E-state index contributed by atoms with van der Waals surface area (Å²) in [5.74, 6) is -3.26. The number of ether oxygens (including phenoxy) is 2. The summed E-state index contributed by atoms with van der Waals surface area (Å²) >= 11 is 0. The van der Waals surface area contributed by atoms with Gasteiger partial charge in [0, 0.05) is 36.7 Å². The monoisotopic (exact) mass is 585 g/mol. The summed E-state index contributed by atoms with van der Waals surface area (Å²) in [6, 6.07) is 7.49. The van der Waals surface area contributed by atoms with E-state index in [9.17, 15) is 27.9 Å². The Kier molecular flexibility index (Phi) is 6.83. The number of rotatable bonds is 6. The van der Waals surface area contributed by atoms with E-state index in [1.807, 2.05) is 6.08 Å². The van der Waals surface area contributed by atoms with Gasteiger partial charge in [-0.3, -0.25) is 9.59 Å². The van der Waals surface area contributed by atoms with Crippen molar-refractivity contribution in [2.45, 2.75) is 69.2 Å². The molecule has 2 N–H and O–H groups in total. The van der Waals surface area contributed by atoms with Gasteiger partial charge in [-0.05, 0) is 36.1 Å². The SMILES string of the molecule is C=CC[N+]1(C)CC[C@]23C4=C5C=CC(O)(NC(=O)C(=C(OC(C)=O)c6ccccc6)C(F)(F)F)C4O[C@H]2CCC[C@H]3[C@H]1C5. The van der Waals surface area contributed by atoms with Crippen LogP contribution in [0.2, 0.25) is 0 Å². The molecule has 2 saturated heterocycles. The second-order valence-corrected chi connectivity index (χ2v) is 12.5. The van der Waals surface area contributed by atoms with Crippen molar-refractivity contribution in [3.8, 4) is 0 Å². The molecule has 1 spiro atoms. The molecule has 7 nitrogen and oxygen atoms in total. The van der Waals surface area contributed by atoms with E-state index in [0.717, 1.165) is 67.7 Å². The van der Waals surface area contributed by atoms with E-state index in [1.165, 1.54) is 30.3 Å². The number of aliphatic hydroxyl groups is 1. The minimum atomic E-state index is -5.20. The zero-order valence-corrected chi connectivity index (χ0v) is 23.7. The topological polar surface area (TPSA) is 84.9 Å². The number of hydrogen-bond donors (Lipinski definition) is 2. The van der Waals surface area contributed by atoms with Crippen molar-refractivity contribution < 1.29 is 41.8 Å². The second-order valence-electron chi connectivity index (χ2n) is 12.5. The van der Waals surface area contributed by atoms with Crippen LogP contribution in [0.1, 0.15) is 44.6 Å². The quantitative estimate of drug-likeness (QED) is 0.128. The molecule has 7 atom stereocenters. The predicted molar refractivity (Wildman–Crippen MR) is 148 cm³/mol. The molecule has 0 radical (unpaired) electrons. The lowest BCUT2D eigenvalue weighted by Crippen LogP contribution is -2.69. The summed E-state index contributed by atoms with van der Waals surface area (Å²) in [6.45, 7) is 6.69. The van der Waals surface area contributed by atoms with E-state index in [-0.39, 0.29) is 17.1 Å². The number of carbonyl (C=O) groups is 2. The Hall–Kier alpha value is -3.21. The highest BCUT2D eigenvalue weighted by Gasteiger charge is 2.70. The Bertz CT molecular complexity index is 1420. The number of allylic oxidation sites excluding steroid dienone is 1. The third-order valence-electron chi connectivity index (χ3n) is 10.2.